The lowest BCUT2D eigenvalue weighted by Gasteiger charge is -2.37. The number of ether oxygens (including phenoxy) is 1. The molecular formula is C28H26F6N2O3S. The molecule has 1 aromatic heterocycles. The van der Waals surface area contributed by atoms with Crippen LogP contribution in [0, 0.1) is 6.92 Å². The highest BCUT2D eigenvalue weighted by atomic mass is 32.1. The Hall–Kier alpha value is -3.38. The number of thiophene rings is 1. The van der Waals surface area contributed by atoms with Gasteiger partial charge in [0, 0.05) is 30.6 Å². The molecule has 0 aliphatic carbocycles. The second-order valence-electron chi connectivity index (χ2n) is 9.46. The Bertz CT molecular complexity index is 1340. The molecule has 2 aromatic carbocycles. The molecule has 2 heterocycles. The third-order valence-electron chi connectivity index (χ3n) is 6.69. The number of fused-ring (bicyclic) bond motifs is 1. The molecule has 0 bridgehead atoms. The highest BCUT2D eigenvalue weighted by molar-refractivity contribution is 7.10. The van der Waals surface area contributed by atoms with Crippen LogP contribution in [0.25, 0.3) is 0 Å². The fourth-order valence-electron chi connectivity index (χ4n) is 4.66. The molecule has 2 amide bonds. The number of aryl methyl sites for hydroxylation is 1. The van der Waals surface area contributed by atoms with Gasteiger partial charge in [0.2, 0.25) is 5.91 Å². The quantitative estimate of drug-likeness (QED) is 0.304. The minimum atomic E-state index is -5.11. The van der Waals surface area contributed by atoms with Crippen molar-refractivity contribution in [3.8, 4) is 0 Å². The minimum absolute atomic E-state index is 0.0419. The van der Waals surface area contributed by atoms with E-state index in [2.05, 4.69) is 0 Å². The number of alkyl halides is 6. The van der Waals surface area contributed by atoms with Gasteiger partial charge in [0.05, 0.1) is 23.8 Å². The lowest BCUT2D eigenvalue weighted by Crippen LogP contribution is -2.47. The number of methoxy groups -OCH3 is 1. The topological polar surface area (TPSA) is 49.9 Å². The first-order valence-corrected chi connectivity index (χ1v) is 13.2. The summed E-state index contributed by atoms with van der Waals surface area (Å²) in [4.78, 5) is 30.7. The number of hydrogen-bond acceptors (Lipinski definition) is 4. The number of nitrogens with zero attached hydrogens (tertiary/aromatic N) is 2. The number of amides is 2. The van der Waals surface area contributed by atoms with Crippen molar-refractivity contribution in [2.45, 2.75) is 31.7 Å². The van der Waals surface area contributed by atoms with Crippen LogP contribution in [0.2, 0.25) is 0 Å². The molecular weight excluding hydrogens is 558 g/mol. The molecule has 1 unspecified atom stereocenters. The van der Waals surface area contributed by atoms with Crippen LogP contribution in [0.5, 0.6) is 0 Å². The summed E-state index contributed by atoms with van der Waals surface area (Å²) < 4.78 is 85.4. The zero-order chi connectivity index (χ0) is 29.2. The zero-order valence-electron chi connectivity index (χ0n) is 21.6. The van der Waals surface area contributed by atoms with Crippen molar-refractivity contribution in [2.24, 2.45) is 0 Å². The molecule has 3 aromatic rings. The Balaban J connectivity index is 1.67. The number of carbonyl (C=O) groups excluding carboxylic acids is 2. The highest BCUT2D eigenvalue weighted by Gasteiger charge is 2.39. The number of rotatable bonds is 7. The average molecular weight is 585 g/mol. The molecule has 0 radical (unpaired) electrons. The Kier molecular flexibility index (Phi) is 8.60. The first-order chi connectivity index (χ1) is 18.8. The maximum Gasteiger partial charge on any atom is 0.416 e. The SMILES string of the molecule is COCCN(CC(=O)N1CCc2sccc2C1c1ccc(C)cc1)C(=O)c1cc(C(F)(F)F)cc(C(F)(F)F)c1. The van der Waals surface area contributed by atoms with Crippen molar-refractivity contribution in [1.82, 2.24) is 9.80 Å². The van der Waals surface area contributed by atoms with E-state index in [4.69, 9.17) is 4.74 Å². The van der Waals surface area contributed by atoms with E-state index in [1.807, 2.05) is 42.6 Å². The summed E-state index contributed by atoms with van der Waals surface area (Å²) in [6.07, 6.45) is -9.65. The summed E-state index contributed by atoms with van der Waals surface area (Å²) in [7, 11) is 1.33. The van der Waals surface area contributed by atoms with Gasteiger partial charge in [-0.3, -0.25) is 9.59 Å². The molecule has 0 spiro atoms. The van der Waals surface area contributed by atoms with E-state index < -0.39 is 53.4 Å². The predicted octanol–water partition coefficient (Wildman–Crippen LogP) is 6.36. The van der Waals surface area contributed by atoms with Crippen molar-refractivity contribution in [3.63, 3.8) is 0 Å². The monoisotopic (exact) mass is 584 g/mol. The Morgan fingerprint density at radius 3 is 2.20 bits per heavy atom. The van der Waals surface area contributed by atoms with Gasteiger partial charge < -0.3 is 14.5 Å². The van der Waals surface area contributed by atoms with Crippen LogP contribution in [0.1, 0.15) is 49.1 Å². The van der Waals surface area contributed by atoms with Gasteiger partial charge in [-0.05, 0) is 54.1 Å². The van der Waals surface area contributed by atoms with E-state index in [1.165, 1.54) is 7.11 Å². The lowest BCUT2D eigenvalue weighted by molar-refractivity contribution is -0.143. The summed E-state index contributed by atoms with van der Waals surface area (Å²) in [6, 6.07) is 9.82. The van der Waals surface area contributed by atoms with E-state index >= 15 is 0 Å². The predicted molar refractivity (Wildman–Crippen MR) is 137 cm³/mol. The van der Waals surface area contributed by atoms with Crippen molar-refractivity contribution < 1.29 is 40.7 Å². The smallest absolute Gasteiger partial charge is 0.383 e. The second kappa shape index (κ2) is 11.6. The first kappa shape index (κ1) is 29.6. The van der Waals surface area contributed by atoms with Crippen molar-refractivity contribution >= 4 is 23.2 Å². The summed E-state index contributed by atoms with van der Waals surface area (Å²) in [5.41, 5.74) is -1.22. The maximum absolute atomic E-state index is 13.7. The van der Waals surface area contributed by atoms with Gasteiger partial charge in [0.15, 0.2) is 0 Å². The van der Waals surface area contributed by atoms with Crippen LogP contribution in [0.15, 0.2) is 53.9 Å². The third-order valence-corrected chi connectivity index (χ3v) is 7.69. The van der Waals surface area contributed by atoms with Crippen LogP contribution in [-0.4, -0.2) is 55.0 Å². The fraction of sp³-hybridized carbons (Fsp3) is 0.357. The molecule has 40 heavy (non-hydrogen) atoms. The fourth-order valence-corrected chi connectivity index (χ4v) is 5.57. The Morgan fingerprint density at radius 1 is 1.00 bits per heavy atom. The van der Waals surface area contributed by atoms with Gasteiger partial charge in [-0.25, -0.2) is 0 Å². The normalized spacial score (nSPS) is 15.6. The molecule has 0 fully saturated rings. The van der Waals surface area contributed by atoms with E-state index in [0.29, 0.717) is 25.1 Å². The number of halogens is 6. The van der Waals surface area contributed by atoms with Gasteiger partial charge in [-0.2, -0.15) is 26.3 Å². The van der Waals surface area contributed by atoms with Crippen molar-refractivity contribution in [3.05, 3.63) is 92.2 Å². The van der Waals surface area contributed by atoms with E-state index in [1.54, 1.807) is 16.2 Å². The van der Waals surface area contributed by atoms with E-state index in [9.17, 15) is 35.9 Å². The Morgan fingerprint density at radius 2 is 1.62 bits per heavy atom. The molecule has 0 saturated carbocycles. The molecule has 12 heteroatoms. The number of benzene rings is 2. The third kappa shape index (κ3) is 6.49. The standard InChI is InChI=1S/C28H26F6N2O3S/c1-17-3-5-18(6-4-17)25-22-8-12-40-23(22)7-9-36(25)24(37)16-35(10-11-39-2)26(38)19-13-20(27(29,30)31)15-21(14-19)28(32,33)34/h3-6,8,12-15,25H,7,9-11,16H2,1-2H3. The Labute approximate surface area is 231 Å². The first-order valence-electron chi connectivity index (χ1n) is 12.3. The van der Waals surface area contributed by atoms with Crippen LogP contribution < -0.4 is 0 Å². The molecule has 1 aliphatic heterocycles. The minimum Gasteiger partial charge on any atom is -0.383 e. The van der Waals surface area contributed by atoms with Gasteiger partial charge >= 0.3 is 12.4 Å². The van der Waals surface area contributed by atoms with Crippen molar-refractivity contribution in [1.29, 1.82) is 0 Å². The summed E-state index contributed by atoms with van der Waals surface area (Å²) >= 11 is 1.57. The largest absolute Gasteiger partial charge is 0.416 e. The van der Waals surface area contributed by atoms with E-state index in [0.717, 1.165) is 26.5 Å². The number of carbonyl (C=O) groups is 2. The van der Waals surface area contributed by atoms with Gasteiger partial charge in [-0.1, -0.05) is 29.8 Å². The molecule has 0 N–H and O–H groups in total. The maximum atomic E-state index is 13.7. The highest BCUT2D eigenvalue weighted by Crippen LogP contribution is 2.39. The molecule has 0 saturated heterocycles. The van der Waals surface area contributed by atoms with Gasteiger partial charge in [-0.15, -0.1) is 11.3 Å². The molecule has 214 valence electrons. The summed E-state index contributed by atoms with van der Waals surface area (Å²) in [5, 5.41) is 1.93. The number of hydrogen-bond donors (Lipinski definition) is 0. The average Bonchev–Trinajstić information content (AvgIpc) is 3.38. The van der Waals surface area contributed by atoms with Crippen molar-refractivity contribution in [2.75, 3.05) is 33.4 Å². The van der Waals surface area contributed by atoms with Crippen LogP contribution in [0.4, 0.5) is 26.3 Å². The van der Waals surface area contributed by atoms with Crippen LogP contribution in [-0.2, 0) is 28.3 Å². The summed E-state index contributed by atoms with van der Waals surface area (Å²) in [6.45, 7) is 1.41. The molecule has 1 atom stereocenters. The van der Waals surface area contributed by atoms with Crippen LogP contribution in [0.3, 0.4) is 0 Å². The lowest BCUT2D eigenvalue weighted by atomic mass is 9.92. The molecule has 4 rings (SSSR count). The van der Waals surface area contributed by atoms with Gasteiger partial charge in [0.1, 0.15) is 6.54 Å². The molecule has 1 aliphatic rings. The van der Waals surface area contributed by atoms with Gasteiger partial charge in [0.25, 0.3) is 5.91 Å². The zero-order valence-corrected chi connectivity index (χ0v) is 22.4. The van der Waals surface area contributed by atoms with Crippen LogP contribution >= 0.6 is 11.3 Å². The van der Waals surface area contributed by atoms with E-state index in [-0.39, 0.29) is 19.2 Å². The molecule has 5 nitrogen and oxygen atoms in total. The summed E-state index contributed by atoms with van der Waals surface area (Å²) in [5.74, 6) is -1.63. The second-order valence-corrected chi connectivity index (χ2v) is 10.5.